The second-order valence-electron chi connectivity index (χ2n) is 4.07. The molecule has 0 aromatic heterocycles. The summed E-state index contributed by atoms with van der Waals surface area (Å²) in [4.78, 5) is 12.2. The van der Waals surface area contributed by atoms with Crippen LogP contribution in [0, 0.1) is 0 Å². The number of halogens is 3. The summed E-state index contributed by atoms with van der Waals surface area (Å²) in [5.41, 5.74) is 0.650. The molecule has 0 radical (unpaired) electrons. The lowest BCUT2D eigenvalue weighted by atomic mass is 10.0. The highest BCUT2D eigenvalue weighted by molar-refractivity contribution is 7.87. The van der Waals surface area contributed by atoms with E-state index in [-0.39, 0.29) is 17.0 Å². The van der Waals surface area contributed by atoms with Crippen LogP contribution < -0.4 is 4.72 Å². The van der Waals surface area contributed by atoms with Gasteiger partial charge in [0.2, 0.25) is 0 Å². The van der Waals surface area contributed by atoms with E-state index in [1.54, 1.807) is 42.5 Å². The Labute approximate surface area is 130 Å². The molecule has 2 aromatic carbocycles. The van der Waals surface area contributed by atoms with Crippen molar-refractivity contribution in [3.8, 4) is 0 Å². The molecule has 0 amide bonds. The number of hydrogen-bond acceptors (Lipinski definition) is 3. The molecule has 9 heteroatoms. The number of benzene rings is 2. The first-order valence-electron chi connectivity index (χ1n) is 6.07. The Morgan fingerprint density at radius 3 is 1.96 bits per heavy atom. The minimum Gasteiger partial charge on any atom is -0.289 e. The number of alkyl halides is 3. The van der Waals surface area contributed by atoms with Gasteiger partial charge in [0.15, 0.2) is 5.78 Å². The molecule has 0 unspecified atom stereocenters. The first-order chi connectivity index (χ1) is 10.7. The fourth-order valence-corrected chi connectivity index (χ4v) is 2.11. The zero-order valence-electron chi connectivity index (χ0n) is 11.5. The standard InChI is InChI=1S/C13H11NO4S.CHF3/c15-13(10-6-2-1-3-7-10)11-8-4-5-9-12(11)14-19(16,17)18;2-1(3)4/h1-9,14H,(H,16,17,18);1H. The molecule has 2 N–H and O–H groups in total. The zero-order chi connectivity index (χ0) is 17.5. The molecule has 2 aromatic rings. The molecular formula is C14H12F3NO4S. The second-order valence-corrected chi connectivity index (χ2v) is 5.22. The highest BCUT2D eigenvalue weighted by Gasteiger charge is 2.15. The fourth-order valence-electron chi connectivity index (χ4n) is 1.65. The summed E-state index contributed by atoms with van der Waals surface area (Å²) in [6.07, 6.45) is 0. The van der Waals surface area contributed by atoms with Crippen LogP contribution in [0.1, 0.15) is 15.9 Å². The van der Waals surface area contributed by atoms with E-state index in [1.807, 2.05) is 4.72 Å². The first-order valence-corrected chi connectivity index (χ1v) is 7.51. The smallest absolute Gasteiger partial charge is 0.289 e. The summed E-state index contributed by atoms with van der Waals surface area (Å²) in [7, 11) is -4.42. The van der Waals surface area contributed by atoms with Crippen molar-refractivity contribution < 1.29 is 30.9 Å². The van der Waals surface area contributed by atoms with Crippen LogP contribution in [0.5, 0.6) is 0 Å². The van der Waals surface area contributed by atoms with E-state index in [0.29, 0.717) is 5.56 Å². The molecule has 0 heterocycles. The van der Waals surface area contributed by atoms with Gasteiger partial charge in [-0.3, -0.25) is 14.1 Å². The van der Waals surface area contributed by atoms with Crippen LogP contribution in [0.25, 0.3) is 0 Å². The number of nitrogens with one attached hydrogen (secondary N) is 1. The Morgan fingerprint density at radius 1 is 0.957 bits per heavy atom. The third-order valence-corrected chi connectivity index (χ3v) is 2.92. The van der Waals surface area contributed by atoms with Crippen molar-refractivity contribution in [3.63, 3.8) is 0 Å². The lowest BCUT2D eigenvalue weighted by Gasteiger charge is -2.08. The van der Waals surface area contributed by atoms with Crippen molar-refractivity contribution in [2.45, 2.75) is 6.68 Å². The van der Waals surface area contributed by atoms with Gasteiger partial charge in [0.25, 0.3) is 0 Å². The van der Waals surface area contributed by atoms with Crippen molar-refractivity contribution in [3.05, 3.63) is 65.7 Å². The summed E-state index contributed by atoms with van der Waals surface area (Å²) in [6.45, 7) is -3.67. The number of rotatable bonds is 4. The fraction of sp³-hybridized carbons (Fsp3) is 0.0714. The van der Waals surface area contributed by atoms with Crippen LogP contribution in [-0.4, -0.2) is 25.4 Å². The molecule has 0 aliphatic rings. The Kier molecular flexibility index (Phi) is 6.73. The number of anilines is 1. The van der Waals surface area contributed by atoms with E-state index in [9.17, 15) is 26.4 Å². The first kappa shape index (κ1) is 18.7. The summed E-state index contributed by atoms with van der Waals surface area (Å²) < 4.78 is 61.4. The van der Waals surface area contributed by atoms with E-state index in [2.05, 4.69) is 0 Å². The normalized spacial score (nSPS) is 10.7. The maximum absolute atomic E-state index is 12.2. The average molecular weight is 347 g/mol. The lowest BCUT2D eigenvalue weighted by molar-refractivity contribution is 0.00818. The van der Waals surface area contributed by atoms with Gasteiger partial charge in [-0.1, -0.05) is 42.5 Å². The Balaban J connectivity index is 0.000000593. The van der Waals surface area contributed by atoms with Crippen LogP contribution in [0.4, 0.5) is 18.9 Å². The van der Waals surface area contributed by atoms with Crippen molar-refractivity contribution in [2.75, 3.05) is 4.72 Å². The molecular weight excluding hydrogens is 335 g/mol. The molecule has 23 heavy (non-hydrogen) atoms. The molecule has 0 bridgehead atoms. The van der Waals surface area contributed by atoms with E-state index in [0.717, 1.165) is 0 Å². The van der Waals surface area contributed by atoms with Crippen LogP contribution in [0.3, 0.4) is 0 Å². The Bertz CT molecular complexity index is 749. The van der Waals surface area contributed by atoms with Crippen LogP contribution >= 0.6 is 0 Å². The van der Waals surface area contributed by atoms with Gasteiger partial charge < -0.3 is 0 Å². The van der Waals surface area contributed by atoms with E-state index in [4.69, 9.17) is 4.55 Å². The Morgan fingerprint density at radius 2 is 1.43 bits per heavy atom. The lowest BCUT2D eigenvalue weighted by Crippen LogP contribution is -2.14. The number of ketones is 1. The van der Waals surface area contributed by atoms with Crippen molar-refractivity contribution in [2.24, 2.45) is 0 Å². The molecule has 0 saturated heterocycles. The predicted molar refractivity (Wildman–Crippen MR) is 78.6 cm³/mol. The van der Waals surface area contributed by atoms with Gasteiger partial charge in [0, 0.05) is 11.1 Å². The number of carbonyl (C=O) groups excluding carboxylic acids is 1. The molecule has 0 spiro atoms. The van der Waals surface area contributed by atoms with Crippen molar-refractivity contribution in [1.29, 1.82) is 0 Å². The third-order valence-electron chi connectivity index (χ3n) is 2.45. The van der Waals surface area contributed by atoms with Gasteiger partial charge in [0.1, 0.15) is 0 Å². The van der Waals surface area contributed by atoms with Gasteiger partial charge in [-0.15, -0.1) is 0 Å². The summed E-state index contributed by atoms with van der Waals surface area (Å²) >= 11 is 0. The van der Waals surface area contributed by atoms with Gasteiger partial charge in [0.05, 0.1) is 5.69 Å². The minimum atomic E-state index is -4.42. The van der Waals surface area contributed by atoms with Gasteiger partial charge in [-0.25, -0.2) is 0 Å². The second kappa shape index (κ2) is 8.30. The van der Waals surface area contributed by atoms with Crippen LogP contribution in [0.2, 0.25) is 0 Å². The third kappa shape index (κ3) is 6.94. The highest BCUT2D eigenvalue weighted by Crippen LogP contribution is 2.19. The molecule has 124 valence electrons. The van der Waals surface area contributed by atoms with E-state index < -0.39 is 17.0 Å². The van der Waals surface area contributed by atoms with Crippen molar-refractivity contribution >= 4 is 21.8 Å². The van der Waals surface area contributed by atoms with Gasteiger partial charge in [-0.05, 0) is 12.1 Å². The largest absolute Gasteiger partial charge is 0.379 e. The molecule has 0 aliphatic heterocycles. The van der Waals surface area contributed by atoms with Crippen LogP contribution in [0.15, 0.2) is 54.6 Å². The molecule has 5 nitrogen and oxygen atoms in total. The quantitative estimate of drug-likeness (QED) is 0.656. The van der Waals surface area contributed by atoms with Gasteiger partial charge in [-0.2, -0.15) is 21.6 Å². The molecule has 0 atom stereocenters. The van der Waals surface area contributed by atoms with Gasteiger partial charge >= 0.3 is 17.0 Å². The molecule has 2 rings (SSSR count). The SMILES string of the molecule is FC(F)F.O=C(c1ccccc1)c1ccccc1NS(=O)(=O)O. The average Bonchev–Trinajstić information content (AvgIpc) is 2.46. The number of para-hydroxylation sites is 1. The summed E-state index contributed by atoms with van der Waals surface area (Å²) in [5, 5.41) is 0. The maximum Gasteiger partial charge on any atom is 0.379 e. The molecule has 0 aliphatic carbocycles. The van der Waals surface area contributed by atoms with Crippen LogP contribution in [-0.2, 0) is 10.3 Å². The summed E-state index contributed by atoms with van der Waals surface area (Å²) in [6, 6.07) is 14.5. The molecule has 0 fully saturated rings. The maximum atomic E-state index is 12.2. The summed E-state index contributed by atoms with van der Waals surface area (Å²) in [5.74, 6) is -0.327. The van der Waals surface area contributed by atoms with E-state index >= 15 is 0 Å². The predicted octanol–water partition coefficient (Wildman–Crippen LogP) is 3.31. The molecule has 0 saturated carbocycles. The number of hydrogen-bond donors (Lipinski definition) is 2. The van der Waals surface area contributed by atoms with E-state index in [1.165, 1.54) is 12.1 Å². The topological polar surface area (TPSA) is 83.5 Å². The van der Waals surface area contributed by atoms with Crippen molar-refractivity contribution in [1.82, 2.24) is 0 Å². The monoisotopic (exact) mass is 347 g/mol. The Hall–Kier alpha value is -2.39. The minimum absolute atomic E-state index is 0.0406. The number of carbonyl (C=O) groups is 1. The highest BCUT2D eigenvalue weighted by atomic mass is 32.2. The zero-order valence-corrected chi connectivity index (χ0v) is 12.3.